The molecule has 0 aliphatic heterocycles. The third-order valence-corrected chi connectivity index (χ3v) is 3.43. The van der Waals surface area contributed by atoms with Crippen molar-refractivity contribution < 1.29 is 4.79 Å². The Kier molecular flexibility index (Phi) is 4.01. The zero-order chi connectivity index (χ0) is 16.2. The molecule has 3 aromatic rings. The Morgan fingerprint density at radius 1 is 1.09 bits per heavy atom. The van der Waals surface area contributed by atoms with Crippen molar-refractivity contribution >= 4 is 16.7 Å². The van der Waals surface area contributed by atoms with E-state index < -0.39 is 0 Å². The monoisotopic (exact) mass is 305 g/mol. The predicted molar refractivity (Wildman–Crippen MR) is 89.9 cm³/mol. The summed E-state index contributed by atoms with van der Waals surface area (Å²) in [5.74, 6) is -0.342. The summed E-state index contributed by atoms with van der Waals surface area (Å²) in [6.07, 6.45) is 1.59. The molecule has 0 radical (unpaired) electrons. The number of hydrogen-bond acceptors (Lipinski definition) is 3. The smallest absolute Gasteiger partial charge is 0.279 e. The molecule has 0 saturated heterocycles. The van der Waals surface area contributed by atoms with Gasteiger partial charge in [-0.2, -0.15) is 9.78 Å². The molecule has 0 fully saturated rings. The molecular weight excluding hydrogens is 290 g/mol. The van der Waals surface area contributed by atoms with Gasteiger partial charge in [0.2, 0.25) is 0 Å². The molecule has 0 spiro atoms. The SMILES string of the molecule is C=CCNC(=O)c1nn(-c2ccccc2)c(=O)c2ccccc12. The van der Waals surface area contributed by atoms with Gasteiger partial charge in [-0.1, -0.05) is 42.5 Å². The summed E-state index contributed by atoms with van der Waals surface area (Å²) in [6.45, 7) is 3.91. The lowest BCUT2D eigenvalue weighted by Crippen LogP contribution is -2.30. The van der Waals surface area contributed by atoms with Crippen molar-refractivity contribution in [2.75, 3.05) is 6.54 Å². The van der Waals surface area contributed by atoms with E-state index in [1.807, 2.05) is 18.2 Å². The normalized spacial score (nSPS) is 10.4. The zero-order valence-corrected chi connectivity index (χ0v) is 12.4. The maximum absolute atomic E-state index is 12.7. The molecule has 5 heteroatoms. The van der Waals surface area contributed by atoms with Gasteiger partial charge in [-0.3, -0.25) is 9.59 Å². The fourth-order valence-corrected chi connectivity index (χ4v) is 2.35. The van der Waals surface area contributed by atoms with Crippen LogP contribution in [0.1, 0.15) is 10.5 Å². The van der Waals surface area contributed by atoms with Gasteiger partial charge in [-0.15, -0.1) is 6.58 Å². The van der Waals surface area contributed by atoms with Gasteiger partial charge in [0.05, 0.1) is 11.1 Å². The first-order chi connectivity index (χ1) is 11.2. The van der Waals surface area contributed by atoms with E-state index >= 15 is 0 Å². The second-order valence-electron chi connectivity index (χ2n) is 4.95. The van der Waals surface area contributed by atoms with Crippen molar-refractivity contribution in [2.45, 2.75) is 0 Å². The highest BCUT2D eigenvalue weighted by Gasteiger charge is 2.16. The molecule has 114 valence electrons. The summed E-state index contributed by atoms with van der Waals surface area (Å²) < 4.78 is 1.26. The highest BCUT2D eigenvalue weighted by molar-refractivity contribution is 6.04. The van der Waals surface area contributed by atoms with Gasteiger partial charge in [0, 0.05) is 11.9 Å². The van der Waals surface area contributed by atoms with Crippen LogP contribution in [0.15, 0.2) is 72.0 Å². The molecule has 1 amide bonds. The molecule has 5 nitrogen and oxygen atoms in total. The summed E-state index contributed by atoms with van der Waals surface area (Å²) in [5, 5.41) is 7.97. The van der Waals surface area contributed by atoms with Crippen LogP contribution in [0.3, 0.4) is 0 Å². The number of carbonyl (C=O) groups is 1. The number of benzene rings is 2. The molecule has 0 saturated carbocycles. The zero-order valence-electron chi connectivity index (χ0n) is 12.4. The van der Waals surface area contributed by atoms with Crippen molar-refractivity contribution in [1.82, 2.24) is 15.1 Å². The predicted octanol–water partition coefficient (Wildman–Crippen LogP) is 2.30. The minimum atomic E-state index is -0.342. The van der Waals surface area contributed by atoms with Crippen molar-refractivity contribution in [1.29, 1.82) is 0 Å². The maximum Gasteiger partial charge on any atom is 0.279 e. The van der Waals surface area contributed by atoms with Gasteiger partial charge in [-0.05, 0) is 18.2 Å². The third kappa shape index (κ3) is 2.76. The molecule has 1 heterocycles. The quantitative estimate of drug-likeness (QED) is 0.752. The Morgan fingerprint density at radius 2 is 1.74 bits per heavy atom. The van der Waals surface area contributed by atoms with Crippen LogP contribution in [0.4, 0.5) is 0 Å². The standard InChI is InChI=1S/C18H15N3O2/c1-2-12-19-17(22)16-14-10-6-7-11-15(14)18(23)21(20-16)13-8-4-3-5-9-13/h2-11H,1,12H2,(H,19,22). The molecule has 2 aromatic carbocycles. The molecular formula is C18H15N3O2. The third-order valence-electron chi connectivity index (χ3n) is 3.43. The topological polar surface area (TPSA) is 64.0 Å². The molecule has 1 N–H and O–H groups in total. The van der Waals surface area contributed by atoms with Gasteiger partial charge in [0.15, 0.2) is 5.69 Å². The van der Waals surface area contributed by atoms with Crippen molar-refractivity contribution in [3.8, 4) is 5.69 Å². The Morgan fingerprint density at radius 3 is 2.43 bits per heavy atom. The number of carbonyl (C=O) groups excluding carboxylic acids is 1. The number of nitrogens with zero attached hydrogens (tertiary/aromatic N) is 2. The molecule has 3 rings (SSSR count). The van der Waals surface area contributed by atoms with Crippen molar-refractivity contribution in [2.24, 2.45) is 0 Å². The van der Waals surface area contributed by atoms with E-state index in [1.165, 1.54) is 4.68 Å². The van der Waals surface area contributed by atoms with E-state index in [4.69, 9.17) is 0 Å². The van der Waals surface area contributed by atoms with Crippen LogP contribution in [0.25, 0.3) is 16.5 Å². The van der Waals surface area contributed by atoms with Gasteiger partial charge >= 0.3 is 0 Å². The highest BCUT2D eigenvalue weighted by Crippen LogP contribution is 2.15. The van der Waals surface area contributed by atoms with E-state index in [0.717, 1.165) is 0 Å². The number of hydrogen-bond donors (Lipinski definition) is 1. The minimum Gasteiger partial charge on any atom is -0.347 e. The summed E-state index contributed by atoms with van der Waals surface area (Å²) in [7, 11) is 0. The fraction of sp³-hybridized carbons (Fsp3) is 0.0556. The van der Waals surface area contributed by atoms with E-state index in [1.54, 1.807) is 42.5 Å². The van der Waals surface area contributed by atoms with Crippen molar-refractivity contribution in [3.63, 3.8) is 0 Å². The van der Waals surface area contributed by atoms with Crippen LogP contribution in [-0.4, -0.2) is 22.2 Å². The first-order valence-electron chi connectivity index (χ1n) is 7.19. The molecule has 1 aromatic heterocycles. The van der Waals surface area contributed by atoms with Crippen LogP contribution < -0.4 is 10.9 Å². The number of para-hydroxylation sites is 1. The lowest BCUT2D eigenvalue weighted by atomic mass is 10.1. The van der Waals surface area contributed by atoms with Crippen molar-refractivity contribution in [3.05, 3.63) is 83.3 Å². The number of fused-ring (bicyclic) bond motifs is 1. The fourth-order valence-electron chi connectivity index (χ4n) is 2.35. The van der Waals surface area contributed by atoms with E-state index in [2.05, 4.69) is 17.0 Å². The van der Waals surface area contributed by atoms with Crippen LogP contribution in [0, 0.1) is 0 Å². The first kappa shape index (κ1) is 14.7. The Bertz CT molecular complexity index is 930. The second-order valence-corrected chi connectivity index (χ2v) is 4.95. The summed E-state index contributed by atoms with van der Waals surface area (Å²) >= 11 is 0. The number of aromatic nitrogens is 2. The lowest BCUT2D eigenvalue weighted by molar-refractivity contribution is 0.0953. The summed E-state index contributed by atoms with van der Waals surface area (Å²) in [5.41, 5.74) is 0.569. The molecule has 0 aliphatic rings. The number of nitrogens with one attached hydrogen (secondary N) is 1. The minimum absolute atomic E-state index is 0.214. The number of rotatable bonds is 4. The Labute approximate surface area is 132 Å². The van der Waals surface area contributed by atoms with E-state index in [-0.39, 0.29) is 17.2 Å². The molecule has 0 atom stereocenters. The largest absolute Gasteiger partial charge is 0.347 e. The lowest BCUT2D eigenvalue weighted by Gasteiger charge is -2.10. The molecule has 0 aliphatic carbocycles. The second kappa shape index (κ2) is 6.27. The summed E-state index contributed by atoms with van der Waals surface area (Å²) in [6, 6.07) is 16.0. The Balaban J connectivity index is 2.27. The number of amides is 1. The average Bonchev–Trinajstić information content (AvgIpc) is 2.61. The molecule has 23 heavy (non-hydrogen) atoms. The van der Waals surface area contributed by atoms with Crippen LogP contribution >= 0.6 is 0 Å². The van der Waals surface area contributed by atoms with Gasteiger partial charge < -0.3 is 5.32 Å². The van der Waals surface area contributed by atoms with E-state index in [9.17, 15) is 9.59 Å². The van der Waals surface area contributed by atoms with Crippen LogP contribution in [0.2, 0.25) is 0 Å². The van der Waals surface area contributed by atoms with Gasteiger partial charge in [-0.25, -0.2) is 0 Å². The van der Waals surface area contributed by atoms with Gasteiger partial charge in [0.25, 0.3) is 11.5 Å². The highest BCUT2D eigenvalue weighted by atomic mass is 16.2. The molecule has 0 unspecified atom stereocenters. The summed E-state index contributed by atoms with van der Waals surface area (Å²) in [4.78, 5) is 25.0. The van der Waals surface area contributed by atoms with Crippen LogP contribution in [-0.2, 0) is 0 Å². The molecule has 0 bridgehead atoms. The van der Waals surface area contributed by atoms with Gasteiger partial charge in [0.1, 0.15) is 0 Å². The van der Waals surface area contributed by atoms with Crippen LogP contribution in [0.5, 0.6) is 0 Å². The average molecular weight is 305 g/mol. The Hall–Kier alpha value is -3.21. The first-order valence-corrected chi connectivity index (χ1v) is 7.19. The maximum atomic E-state index is 12.7. The van der Waals surface area contributed by atoms with E-state index in [0.29, 0.717) is 23.0 Å².